The fourth-order valence-corrected chi connectivity index (χ4v) is 2.28. The van der Waals surface area contributed by atoms with Crippen LogP contribution >= 0.6 is 0 Å². The summed E-state index contributed by atoms with van der Waals surface area (Å²) >= 11 is 0. The van der Waals surface area contributed by atoms with Gasteiger partial charge >= 0.3 is 0 Å². The first-order valence-electron chi connectivity index (χ1n) is 6.78. The molecular weight excluding hydrogens is 184 g/mol. The van der Waals surface area contributed by atoms with Crippen LogP contribution in [-0.2, 0) is 0 Å². The van der Waals surface area contributed by atoms with Crippen molar-refractivity contribution in [2.24, 2.45) is 0 Å². The lowest BCUT2D eigenvalue weighted by molar-refractivity contribution is 0.324. The second kappa shape index (κ2) is 8.12. The molecule has 2 nitrogen and oxygen atoms in total. The average molecular weight is 212 g/mol. The molecule has 0 amide bonds. The molecule has 0 saturated carbocycles. The topological polar surface area (TPSA) is 15.3 Å². The van der Waals surface area contributed by atoms with Crippen LogP contribution in [0.15, 0.2) is 0 Å². The molecule has 1 aliphatic rings. The van der Waals surface area contributed by atoms with E-state index in [0.717, 1.165) is 0 Å². The molecule has 1 aliphatic heterocycles. The third kappa shape index (κ3) is 6.16. The second-order valence-corrected chi connectivity index (χ2v) is 4.90. The molecule has 0 radical (unpaired) electrons. The van der Waals surface area contributed by atoms with E-state index < -0.39 is 0 Å². The largest absolute Gasteiger partial charge is 0.314 e. The van der Waals surface area contributed by atoms with Crippen molar-refractivity contribution in [2.75, 3.05) is 26.2 Å². The van der Waals surface area contributed by atoms with E-state index in [1.807, 2.05) is 0 Å². The summed E-state index contributed by atoms with van der Waals surface area (Å²) in [5.41, 5.74) is 0. The van der Waals surface area contributed by atoms with Crippen molar-refractivity contribution in [2.45, 2.75) is 58.4 Å². The van der Waals surface area contributed by atoms with Gasteiger partial charge in [0.15, 0.2) is 0 Å². The van der Waals surface area contributed by atoms with Crippen molar-refractivity contribution in [3.05, 3.63) is 0 Å². The van der Waals surface area contributed by atoms with Gasteiger partial charge in [-0.15, -0.1) is 0 Å². The predicted octanol–water partition coefficient (Wildman–Crippen LogP) is 2.64. The molecule has 1 fully saturated rings. The molecule has 0 spiro atoms. The number of likely N-dealkylation sites (tertiary alicyclic amines) is 1. The summed E-state index contributed by atoms with van der Waals surface area (Å²) in [5, 5.41) is 3.55. The Labute approximate surface area is 95.4 Å². The summed E-state index contributed by atoms with van der Waals surface area (Å²) in [6.45, 7) is 9.75. The molecule has 1 atom stereocenters. The van der Waals surface area contributed by atoms with Crippen LogP contribution in [0, 0.1) is 0 Å². The molecule has 0 aliphatic carbocycles. The van der Waals surface area contributed by atoms with Crippen LogP contribution in [0.2, 0.25) is 0 Å². The van der Waals surface area contributed by atoms with Gasteiger partial charge in [0, 0.05) is 6.04 Å². The molecule has 0 aromatic rings. The van der Waals surface area contributed by atoms with Crippen molar-refractivity contribution in [1.82, 2.24) is 10.2 Å². The lowest BCUT2D eigenvalue weighted by atomic mass is 10.1. The Kier molecular flexibility index (Phi) is 7.03. The Morgan fingerprint density at radius 3 is 2.60 bits per heavy atom. The van der Waals surface area contributed by atoms with Gasteiger partial charge in [0.2, 0.25) is 0 Å². The zero-order chi connectivity index (χ0) is 10.9. The van der Waals surface area contributed by atoms with Gasteiger partial charge in [0.1, 0.15) is 0 Å². The number of rotatable bonds is 8. The van der Waals surface area contributed by atoms with E-state index in [1.54, 1.807) is 0 Å². The van der Waals surface area contributed by atoms with Crippen LogP contribution in [0.5, 0.6) is 0 Å². The minimum absolute atomic E-state index is 0.712. The fourth-order valence-electron chi connectivity index (χ4n) is 2.28. The maximum Gasteiger partial charge on any atom is 0.00387 e. The Balaban J connectivity index is 1.87. The Bertz CT molecular complexity index is 141. The van der Waals surface area contributed by atoms with Crippen molar-refractivity contribution in [1.29, 1.82) is 0 Å². The second-order valence-electron chi connectivity index (χ2n) is 4.90. The Morgan fingerprint density at radius 2 is 1.93 bits per heavy atom. The molecule has 0 aromatic heterocycles. The van der Waals surface area contributed by atoms with Gasteiger partial charge in [-0.1, -0.05) is 13.3 Å². The van der Waals surface area contributed by atoms with Crippen LogP contribution in [0.4, 0.5) is 0 Å². The third-order valence-corrected chi connectivity index (χ3v) is 3.30. The zero-order valence-electron chi connectivity index (χ0n) is 10.6. The Morgan fingerprint density at radius 1 is 1.20 bits per heavy atom. The Hall–Kier alpha value is -0.0800. The normalized spacial score (nSPS) is 19.6. The highest BCUT2D eigenvalue weighted by Gasteiger charge is 2.10. The molecular formula is C13H28N2. The highest BCUT2D eigenvalue weighted by atomic mass is 15.1. The molecule has 1 saturated heterocycles. The number of unbranched alkanes of at least 4 members (excludes halogenated alkanes) is 1. The summed E-state index contributed by atoms with van der Waals surface area (Å²) in [6, 6.07) is 0.712. The maximum absolute atomic E-state index is 3.55. The minimum atomic E-state index is 0.712. The molecule has 15 heavy (non-hydrogen) atoms. The highest BCUT2D eigenvalue weighted by Crippen LogP contribution is 2.09. The van der Waals surface area contributed by atoms with Gasteiger partial charge in [-0.2, -0.15) is 0 Å². The molecule has 1 unspecified atom stereocenters. The number of hydrogen-bond donors (Lipinski definition) is 1. The summed E-state index contributed by atoms with van der Waals surface area (Å²) in [4.78, 5) is 2.62. The third-order valence-electron chi connectivity index (χ3n) is 3.30. The van der Waals surface area contributed by atoms with Crippen LogP contribution < -0.4 is 5.32 Å². The summed E-state index contributed by atoms with van der Waals surface area (Å²) < 4.78 is 0. The highest BCUT2D eigenvalue weighted by molar-refractivity contribution is 4.66. The standard InChI is InChI=1S/C13H28N2/c1-3-9-14-13(2)8-4-5-10-15-11-6-7-12-15/h13-14H,3-12H2,1-2H3. The number of nitrogens with zero attached hydrogens (tertiary/aromatic N) is 1. The van der Waals surface area contributed by atoms with Crippen LogP contribution in [-0.4, -0.2) is 37.1 Å². The first-order valence-corrected chi connectivity index (χ1v) is 6.78. The summed E-state index contributed by atoms with van der Waals surface area (Å²) in [7, 11) is 0. The van der Waals surface area contributed by atoms with Gasteiger partial charge in [0.25, 0.3) is 0 Å². The summed E-state index contributed by atoms with van der Waals surface area (Å²) in [5.74, 6) is 0. The molecule has 1 heterocycles. The SMILES string of the molecule is CCCNC(C)CCCCN1CCCC1. The van der Waals surface area contributed by atoms with Crippen LogP contribution in [0.25, 0.3) is 0 Å². The molecule has 2 heteroatoms. The lowest BCUT2D eigenvalue weighted by Crippen LogP contribution is -2.27. The van der Waals surface area contributed by atoms with E-state index >= 15 is 0 Å². The lowest BCUT2D eigenvalue weighted by Gasteiger charge is -2.16. The van der Waals surface area contributed by atoms with E-state index in [9.17, 15) is 0 Å². The first-order chi connectivity index (χ1) is 7.33. The summed E-state index contributed by atoms with van der Waals surface area (Å²) in [6.07, 6.45) is 8.21. The van der Waals surface area contributed by atoms with Gasteiger partial charge in [-0.25, -0.2) is 0 Å². The van der Waals surface area contributed by atoms with Crippen LogP contribution in [0.3, 0.4) is 0 Å². The van der Waals surface area contributed by atoms with Crippen molar-refractivity contribution in [3.63, 3.8) is 0 Å². The smallest absolute Gasteiger partial charge is 0.00387 e. The average Bonchev–Trinajstić information content (AvgIpc) is 2.74. The molecule has 1 rings (SSSR count). The number of hydrogen-bond acceptors (Lipinski definition) is 2. The first kappa shape index (κ1) is 13.0. The quantitative estimate of drug-likeness (QED) is 0.622. The van der Waals surface area contributed by atoms with Gasteiger partial charge in [-0.3, -0.25) is 0 Å². The predicted molar refractivity (Wildman–Crippen MR) is 67.3 cm³/mol. The van der Waals surface area contributed by atoms with E-state index in [0.29, 0.717) is 6.04 Å². The van der Waals surface area contributed by atoms with Gasteiger partial charge < -0.3 is 10.2 Å². The van der Waals surface area contributed by atoms with Crippen molar-refractivity contribution >= 4 is 0 Å². The fraction of sp³-hybridized carbons (Fsp3) is 1.00. The maximum atomic E-state index is 3.55. The molecule has 1 N–H and O–H groups in total. The van der Waals surface area contributed by atoms with Crippen molar-refractivity contribution in [3.8, 4) is 0 Å². The van der Waals surface area contributed by atoms with E-state index in [4.69, 9.17) is 0 Å². The van der Waals surface area contributed by atoms with Gasteiger partial charge in [0.05, 0.1) is 0 Å². The number of nitrogens with one attached hydrogen (secondary N) is 1. The molecule has 90 valence electrons. The molecule has 0 aromatic carbocycles. The molecule has 0 bridgehead atoms. The van der Waals surface area contributed by atoms with E-state index in [2.05, 4.69) is 24.1 Å². The van der Waals surface area contributed by atoms with Gasteiger partial charge in [-0.05, 0) is 65.2 Å². The van der Waals surface area contributed by atoms with Crippen molar-refractivity contribution < 1.29 is 0 Å². The minimum Gasteiger partial charge on any atom is -0.314 e. The monoisotopic (exact) mass is 212 g/mol. The van der Waals surface area contributed by atoms with Crippen LogP contribution in [0.1, 0.15) is 52.4 Å². The zero-order valence-corrected chi connectivity index (χ0v) is 10.6. The van der Waals surface area contributed by atoms with E-state index in [-0.39, 0.29) is 0 Å². The van der Waals surface area contributed by atoms with E-state index in [1.165, 1.54) is 64.7 Å².